The van der Waals surface area contributed by atoms with E-state index in [0.29, 0.717) is 13.1 Å². The molecule has 3 atom stereocenters. The van der Waals surface area contributed by atoms with Crippen molar-refractivity contribution < 1.29 is 20.1 Å². The number of carboxylic acid groups (broad SMARTS) is 1. The van der Waals surface area contributed by atoms with Gasteiger partial charge < -0.3 is 15.3 Å². The molecule has 174 valence electrons. The van der Waals surface area contributed by atoms with Gasteiger partial charge in [0.1, 0.15) is 0 Å². The molecule has 0 amide bonds. The number of hydrogen-bond donors (Lipinski definition) is 3. The number of thiophene rings is 1. The van der Waals surface area contributed by atoms with E-state index in [9.17, 15) is 15.0 Å². The average Bonchev–Trinajstić information content (AvgIpc) is 3.28. The van der Waals surface area contributed by atoms with E-state index in [-0.39, 0.29) is 6.04 Å². The van der Waals surface area contributed by atoms with E-state index in [0.717, 1.165) is 32.9 Å². The molecule has 3 rings (SSSR count). The predicted molar refractivity (Wildman–Crippen MR) is 133 cm³/mol. The molecule has 33 heavy (non-hydrogen) atoms. The van der Waals surface area contributed by atoms with Crippen molar-refractivity contribution in [2.24, 2.45) is 0 Å². The van der Waals surface area contributed by atoms with E-state index in [4.69, 9.17) is 5.11 Å². The van der Waals surface area contributed by atoms with Crippen LogP contribution in [0, 0.1) is 0 Å². The maximum absolute atomic E-state index is 11.0. The smallest absolute Gasteiger partial charge is 0.328 e. The number of rotatable bonds is 11. The molecule has 0 saturated heterocycles. The third kappa shape index (κ3) is 7.37. The Morgan fingerprint density at radius 1 is 0.909 bits per heavy atom. The summed E-state index contributed by atoms with van der Waals surface area (Å²) in [5.74, 6) is -0.952. The van der Waals surface area contributed by atoms with Crippen LogP contribution in [0.3, 0.4) is 0 Å². The van der Waals surface area contributed by atoms with Crippen LogP contribution in [0.2, 0.25) is 0 Å². The van der Waals surface area contributed by atoms with Crippen LogP contribution in [0.25, 0.3) is 5.57 Å². The Hall–Kier alpha value is -2.77. The molecule has 0 spiro atoms. The van der Waals surface area contributed by atoms with Crippen LogP contribution in [0.5, 0.6) is 0 Å². The Morgan fingerprint density at radius 2 is 1.42 bits per heavy atom. The van der Waals surface area contributed by atoms with Crippen LogP contribution in [-0.4, -0.2) is 45.3 Å². The Balaban J connectivity index is 1.76. The SMILES string of the molecule is C/C(=C\C(=O)O)c1ccc(C[C@H](C)N(C[C@H](O)c2ccccc2)C[C@H](O)c2ccccc2)s1. The highest BCUT2D eigenvalue weighted by molar-refractivity contribution is 7.13. The van der Waals surface area contributed by atoms with Crippen molar-refractivity contribution in [3.05, 3.63) is 99.8 Å². The van der Waals surface area contributed by atoms with Crippen LogP contribution in [0.4, 0.5) is 0 Å². The molecule has 0 unspecified atom stereocenters. The molecule has 0 fully saturated rings. The molecule has 1 aromatic heterocycles. The minimum Gasteiger partial charge on any atom is -0.478 e. The van der Waals surface area contributed by atoms with E-state index in [1.165, 1.54) is 6.08 Å². The summed E-state index contributed by atoms with van der Waals surface area (Å²) in [6.07, 6.45) is 0.610. The number of aliphatic hydroxyl groups is 2. The number of hydrogen-bond acceptors (Lipinski definition) is 5. The quantitative estimate of drug-likeness (QED) is 0.350. The standard InChI is InChI=1S/C27H31NO4S/c1-19(15-27(31)32)26-14-13-23(33-26)16-20(2)28(17-24(29)21-9-5-3-6-10-21)18-25(30)22-11-7-4-8-12-22/h3-15,20,24-25,29-30H,16-18H2,1-2H3,(H,31,32)/b19-15+/t20-,24-,25-/m0/s1. The van der Waals surface area contributed by atoms with Crippen LogP contribution in [0.1, 0.15) is 46.9 Å². The molecule has 0 aliphatic rings. The summed E-state index contributed by atoms with van der Waals surface area (Å²) in [6, 6.07) is 23.1. The lowest BCUT2D eigenvalue weighted by Gasteiger charge is -2.32. The lowest BCUT2D eigenvalue weighted by molar-refractivity contribution is -0.131. The number of nitrogens with zero attached hydrogens (tertiary/aromatic N) is 1. The van der Waals surface area contributed by atoms with Gasteiger partial charge in [-0.15, -0.1) is 11.3 Å². The van der Waals surface area contributed by atoms with Gasteiger partial charge in [0.2, 0.25) is 0 Å². The van der Waals surface area contributed by atoms with Gasteiger partial charge in [0.05, 0.1) is 12.2 Å². The Kier molecular flexibility index (Phi) is 8.97. The summed E-state index contributed by atoms with van der Waals surface area (Å²) >= 11 is 1.58. The Labute approximate surface area is 199 Å². The van der Waals surface area contributed by atoms with Gasteiger partial charge in [-0.05, 0) is 49.1 Å². The second-order valence-corrected chi connectivity index (χ2v) is 9.46. The second-order valence-electron chi connectivity index (χ2n) is 8.29. The van der Waals surface area contributed by atoms with Crippen molar-refractivity contribution >= 4 is 22.9 Å². The van der Waals surface area contributed by atoms with Crippen molar-refractivity contribution in [2.75, 3.05) is 13.1 Å². The summed E-state index contributed by atoms with van der Waals surface area (Å²) in [6.45, 7) is 4.68. The van der Waals surface area contributed by atoms with Crippen LogP contribution in [-0.2, 0) is 11.2 Å². The van der Waals surface area contributed by atoms with Gasteiger partial charge in [-0.2, -0.15) is 0 Å². The van der Waals surface area contributed by atoms with Crippen LogP contribution < -0.4 is 0 Å². The summed E-state index contributed by atoms with van der Waals surface area (Å²) in [4.78, 5) is 15.1. The third-order valence-electron chi connectivity index (χ3n) is 5.69. The zero-order valence-electron chi connectivity index (χ0n) is 19.0. The monoisotopic (exact) mass is 465 g/mol. The summed E-state index contributed by atoms with van der Waals surface area (Å²) in [5, 5.41) is 30.7. The van der Waals surface area contributed by atoms with Crippen molar-refractivity contribution in [2.45, 2.75) is 38.5 Å². The fraction of sp³-hybridized carbons (Fsp3) is 0.296. The topological polar surface area (TPSA) is 81.0 Å². The van der Waals surface area contributed by atoms with Gasteiger partial charge >= 0.3 is 5.97 Å². The largest absolute Gasteiger partial charge is 0.478 e. The van der Waals surface area contributed by atoms with Crippen molar-refractivity contribution in [3.63, 3.8) is 0 Å². The normalized spacial score (nSPS) is 14.8. The van der Waals surface area contributed by atoms with Gasteiger partial charge in [0.25, 0.3) is 0 Å². The first-order valence-electron chi connectivity index (χ1n) is 11.0. The van der Waals surface area contributed by atoms with E-state index in [2.05, 4.69) is 11.8 Å². The first kappa shape index (κ1) is 24.9. The lowest BCUT2D eigenvalue weighted by atomic mass is 10.0. The van der Waals surface area contributed by atoms with E-state index >= 15 is 0 Å². The average molecular weight is 466 g/mol. The molecular formula is C27H31NO4S. The lowest BCUT2D eigenvalue weighted by Crippen LogP contribution is -2.40. The highest BCUT2D eigenvalue weighted by Gasteiger charge is 2.23. The summed E-state index contributed by atoms with van der Waals surface area (Å²) < 4.78 is 0. The molecule has 0 aliphatic carbocycles. The number of allylic oxidation sites excluding steroid dienone is 1. The summed E-state index contributed by atoms with van der Waals surface area (Å²) in [7, 11) is 0. The minimum absolute atomic E-state index is 0.0528. The highest BCUT2D eigenvalue weighted by Crippen LogP contribution is 2.27. The maximum atomic E-state index is 11.0. The van der Waals surface area contributed by atoms with Gasteiger partial charge in [-0.3, -0.25) is 4.90 Å². The number of benzene rings is 2. The Morgan fingerprint density at radius 3 is 1.91 bits per heavy atom. The predicted octanol–water partition coefficient (Wildman–Crippen LogP) is 4.94. The van der Waals surface area contributed by atoms with Gasteiger partial charge in [-0.25, -0.2) is 4.79 Å². The highest BCUT2D eigenvalue weighted by atomic mass is 32.1. The summed E-state index contributed by atoms with van der Waals surface area (Å²) in [5.41, 5.74) is 2.41. The fourth-order valence-electron chi connectivity index (χ4n) is 3.82. The zero-order valence-corrected chi connectivity index (χ0v) is 19.8. The van der Waals surface area contributed by atoms with Crippen LogP contribution in [0.15, 0.2) is 78.9 Å². The van der Waals surface area contributed by atoms with Gasteiger partial charge in [0.15, 0.2) is 0 Å². The second kappa shape index (κ2) is 11.9. The van der Waals surface area contributed by atoms with Crippen molar-refractivity contribution in [1.82, 2.24) is 4.90 Å². The molecule has 2 aromatic carbocycles. The zero-order chi connectivity index (χ0) is 23.8. The maximum Gasteiger partial charge on any atom is 0.328 e. The van der Waals surface area contributed by atoms with Gasteiger partial charge in [0, 0.05) is 35.0 Å². The molecule has 3 N–H and O–H groups in total. The van der Waals surface area contributed by atoms with E-state index in [1.54, 1.807) is 18.3 Å². The molecule has 0 saturated carbocycles. The minimum atomic E-state index is -0.952. The Bertz CT molecular complexity index is 1000. The molecular weight excluding hydrogens is 434 g/mol. The van der Waals surface area contributed by atoms with E-state index in [1.807, 2.05) is 72.8 Å². The number of carboxylic acids is 1. The van der Waals surface area contributed by atoms with E-state index < -0.39 is 18.2 Å². The number of aliphatic hydroxyl groups excluding tert-OH is 2. The van der Waals surface area contributed by atoms with Crippen molar-refractivity contribution in [3.8, 4) is 0 Å². The van der Waals surface area contributed by atoms with Crippen LogP contribution >= 0.6 is 11.3 Å². The number of carbonyl (C=O) groups is 1. The molecule has 5 nitrogen and oxygen atoms in total. The molecule has 0 radical (unpaired) electrons. The third-order valence-corrected chi connectivity index (χ3v) is 6.94. The molecule has 0 bridgehead atoms. The molecule has 6 heteroatoms. The molecule has 3 aromatic rings. The van der Waals surface area contributed by atoms with Gasteiger partial charge in [-0.1, -0.05) is 60.7 Å². The number of aliphatic carboxylic acids is 1. The van der Waals surface area contributed by atoms with Crippen molar-refractivity contribution in [1.29, 1.82) is 0 Å². The molecule has 0 aliphatic heterocycles. The first-order chi connectivity index (χ1) is 15.8. The fourth-order valence-corrected chi connectivity index (χ4v) is 4.92. The molecule has 1 heterocycles. The first-order valence-corrected chi connectivity index (χ1v) is 11.9.